The largest absolute Gasteiger partial charge is 0.499 e. The number of rotatable bonds is 15. The maximum atomic E-state index is 14.2. The molecular weight excluding hydrogens is 616 g/mol. The molecule has 0 aromatic heterocycles. The van der Waals surface area contributed by atoms with Gasteiger partial charge in [0, 0.05) is 43.8 Å². The Balaban J connectivity index is 1.25. The van der Waals surface area contributed by atoms with Gasteiger partial charge in [-0.15, -0.1) is 0 Å². The van der Waals surface area contributed by atoms with E-state index in [2.05, 4.69) is 5.32 Å². The first-order chi connectivity index (χ1) is 23.3. The molecule has 48 heavy (non-hydrogen) atoms. The lowest BCUT2D eigenvalue weighted by Gasteiger charge is -2.33. The predicted molar refractivity (Wildman–Crippen MR) is 175 cm³/mol. The second-order valence-corrected chi connectivity index (χ2v) is 12.9. The summed E-state index contributed by atoms with van der Waals surface area (Å²) in [4.78, 5) is 42.5. The van der Waals surface area contributed by atoms with Gasteiger partial charge in [-0.25, -0.2) is 4.79 Å². The molecule has 6 rings (SSSR count). The lowest BCUT2D eigenvalue weighted by Crippen LogP contribution is -2.51. The zero-order chi connectivity index (χ0) is 33.7. The molecule has 3 fully saturated rings. The van der Waals surface area contributed by atoms with E-state index in [4.69, 9.17) is 24.1 Å². The maximum absolute atomic E-state index is 14.2. The third-order valence-electron chi connectivity index (χ3n) is 9.40. The zero-order valence-electron chi connectivity index (χ0n) is 27.2. The molecule has 0 radical (unpaired) electrons. The molecule has 0 spiro atoms. The van der Waals surface area contributed by atoms with Gasteiger partial charge in [0.25, 0.3) is 0 Å². The number of aliphatic hydroxyl groups excluding tert-OH is 2. The highest BCUT2D eigenvalue weighted by molar-refractivity contribution is 5.97. The van der Waals surface area contributed by atoms with Crippen LogP contribution in [0.4, 0.5) is 0 Å². The number of nitrogens with one attached hydrogen (secondary N) is 1. The molecule has 3 N–H and O–H groups in total. The molecule has 4 atom stereocenters. The van der Waals surface area contributed by atoms with Crippen molar-refractivity contribution in [1.82, 2.24) is 10.2 Å². The molecule has 2 aromatic rings. The molecule has 2 saturated carbocycles. The molecule has 11 heteroatoms. The van der Waals surface area contributed by atoms with Crippen molar-refractivity contribution in [3.05, 3.63) is 89.2 Å². The topological polar surface area (TPSA) is 144 Å². The van der Waals surface area contributed by atoms with Crippen LogP contribution in [-0.4, -0.2) is 96.5 Å². The number of aliphatic hydroxyl groups is 2. The summed E-state index contributed by atoms with van der Waals surface area (Å²) in [5.41, 5.74) is 2.31. The van der Waals surface area contributed by atoms with Crippen molar-refractivity contribution in [1.29, 1.82) is 0 Å². The first-order valence-corrected chi connectivity index (χ1v) is 16.8. The Labute approximate surface area is 280 Å². The number of amides is 2. The molecule has 4 aliphatic rings. The van der Waals surface area contributed by atoms with Crippen molar-refractivity contribution >= 4 is 23.9 Å². The highest BCUT2D eigenvalue weighted by Crippen LogP contribution is 2.59. The second kappa shape index (κ2) is 15.0. The number of fused-ring (bicyclic) bond motifs is 1. The zero-order valence-corrected chi connectivity index (χ0v) is 27.2. The van der Waals surface area contributed by atoms with Gasteiger partial charge >= 0.3 is 5.97 Å². The number of carbonyl (C=O) groups excluding carboxylic acids is 3. The van der Waals surface area contributed by atoms with Crippen LogP contribution in [0.3, 0.4) is 0 Å². The Morgan fingerprint density at radius 2 is 1.77 bits per heavy atom. The third-order valence-corrected chi connectivity index (χ3v) is 9.40. The number of hydrogen-bond acceptors (Lipinski definition) is 9. The summed E-state index contributed by atoms with van der Waals surface area (Å²) in [6.07, 6.45) is 7.35. The minimum absolute atomic E-state index is 0.0684. The molecule has 1 heterocycles. The summed E-state index contributed by atoms with van der Waals surface area (Å²) in [6, 6.07) is 15.5. The van der Waals surface area contributed by atoms with E-state index >= 15 is 0 Å². The first kappa shape index (κ1) is 33.9. The molecule has 1 aliphatic heterocycles. The van der Waals surface area contributed by atoms with Crippen LogP contribution in [0.5, 0.6) is 0 Å². The Morgan fingerprint density at radius 1 is 1.02 bits per heavy atom. The summed E-state index contributed by atoms with van der Waals surface area (Å²) in [5, 5.41) is 21.0. The molecular formula is C37H44N2O9. The molecule has 2 aromatic carbocycles. The lowest BCUT2D eigenvalue weighted by molar-refractivity contribution is -0.209. The Bertz CT molecular complexity index is 1510. The van der Waals surface area contributed by atoms with Crippen LogP contribution in [0.15, 0.2) is 72.5 Å². The van der Waals surface area contributed by atoms with E-state index in [1.807, 2.05) is 36.4 Å². The van der Waals surface area contributed by atoms with E-state index in [1.54, 1.807) is 37.4 Å². The smallest absolute Gasteiger partial charge is 0.338 e. The van der Waals surface area contributed by atoms with E-state index in [0.29, 0.717) is 16.7 Å². The fourth-order valence-electron chi connectivity index (χ4n) is 6.69. The van der Waals surface area contributed by atoms with Gasteiger partial charge in [0.2, 0.25) is 11.8 Å². The number of esters is 1. The van der Waals surface area contributed by atoms with Gasteiger partial charge in [0.1, 0.15) is 31.0 Å². The minimum Gasteiger partial charge on any atom is -0.499 e. The number of ether oxygens (including phenoxy) is 4. The monoisotopic (exact) mass is 660 g/mol. The Kier molecular flexibility index (Phi) is 10.6. The van der Waals surface area contributed by atoms with Crippen molar-refractivity contribution in [2.45, 2.75) is 68.7 Å². The van der Waals surface area contributed by atoms with Gasteiger partial charge in [-0.3, -0.25) is 9.59 Å². The van der Waals surface area contributed by atoms with E-state index in [-0.39, 0.29) is 62.9 Å². The molecule has 2 amide bonds. The van der Waals surface area contributed by atoms with Crippen molar-refractivity contribution in [2.75, 3.05) is 33.4 Å². The highest BCUT2D eigenvalue weighted by atomic mass is 16.8. The third kappa shape index (κ3) is 7.65. The SMILES string of the molecule is CN(C(=O)C1=C[C@H]2OC(C3CC3)(C3CC3)O[C@H]2[C@H](OC(=O)c2cccc(C=COCCO)c2)C1)[C@H](Cc1ccccc1)C(=O)NCCO. The molecule has 0 bridgehead atoms. The van der Waals surface area contributed by atoms with E-state index < -0.39 is 36.1 Å². The van der Waals surface area contributed by atoms with Gasteiger partial charge in [0.15, 0.2) is 5.79 Å². The number of likely N-dealkylation sites (N-methyl/N-ethyl adjacent to an activating group) is 1. The summed E-state index contributed by atoms with van der Waals surface area (Å²) in [7, 11) is 1.59. The number of hydrogen-bond donors (Lipinski definition) is 3. The number of benzene rings is 2. The van der Waals surface area contributed by atoms with Crippen molar-refractivity contribution in [2.24, 2.45) is 11.8 Å². The van der Waals surface area contributed by atoms with Crippen LogP contribution >= 0.6 is 0 Å². The fraction of sp³-hybridized carbons (Fsp3) is 0.486. The molecule has 256 valence electrons. The van der Waals surface area contributed by atoms with Crippen LogP contribution in [0.25, 0.3) is 6.08 Å². The quantitative estimate of drug-likeness (QED) is 0.149. The average Bonchev–Trinajstić information content (AvgIpc) is 4.05. The molecule has 0 unspecified atom stereocenters. The summed E-state index contributed by atoms with van der Waals surface area (Å²) >= 11 is 0. The van der Waals surface area contributed by atoms with Crippen LogP contribution < -0.4 is 5.32 Å². The predicted octanol–water partition coefficient (Wildman–Crippen LogP) is 3.00. The van der Waals surface area contributed by atoms with Crippen LogP contribution in [0.1, 0.15) is 53.6 Å². The van der Waals surface area contributed by atoms with Crippen LogP contribution in [0, 0.1) is 11.8 Å². The fourth-order valence-corrected chi connectivity index (χ4v) is 6.69. The summed E-state index contributed by atoms with van der Waals surface area (Å²) in [5.74, 6) is -1.52. The average molecular weight is 661 g/mol. The van der Waals surface area contributed by atoms with Gasteiger partial charge < -0.3 is 39.4 Å². The number of nitrogens with zero attached hydrogens (tertiary/aromatic N) is 1. The molecule has 3 aliphatic carbocycles. The molecule has 1 saturated heterocycles. The van der Waals surface area contributed by atoms with Crippen molar-refractivity contribution in [3.63, 3.8) is 0 Å². The Hall–Kier alpha value is -4.03. The van der Waals surface area contributed by atoms with Gasteiger partial charge in [-0.2, -0.15) is 0 Å². The van der Waals surface area contributed by atoms with Gasteiger partial charge in [0.05, 0.1) is 25.0 Å². The summed E-state index contributed by atoms with van der Waals surface area (Å²) < 4.78 is 24.8. The maximum Gasteiger partial charge on any atom is 0.338 e. The Morgan fingerprint density at radius 3 is 2.46 bits per heavy atom. The van der Waals surface area contributed by atoms with E-state index in [0.717, 1.165) is 31.2 Å². The van der Waals surface area contributed by atoms with Crippen LogP contribution in [-0.2, 0) is 35.0 Å². The lowest BCUT2D eigenvalue weighted by atomic mass is 9.90. The first-order valence-electron chi connectivity index (χ1n) is 16.8. The van der Waals surface area contributed by atoms with Crippen molar-refractivity contribution < 1.29 is 43.5 Å². The molecule has 11 nitrogen and oxygen atoms in total. The summed E-state index contributed by atoms with van der Waals surface area (Å²) in [6.45, 7) is -0.0919. The normalized spacial score (nSPS) is 23.6. The van der Waals surface area contributed by atoms with Gasteiger partial charge in [-0.1, -0.05) is 42.5 Å². The van der Waals surface area contributed by atoms with Gasteiger partial charge in [-0.05, 0) is 61.1 Å². The van der Waals surface area contributed by atoms with E-state index in [1.165, 1.54) is 11.2 Å². The number of carbonyl (C=O) groups is 3. The van der Waals surface area contributed by atoms with Crippen LogP contribution in [0.2, 0.25) is 0 Å². The highest BCUT2D eigenvalue weighted by Gasteiger charge is 2.64. The van der Waals surface area contributed by atoms with E-state index in [9.17, 15) is 19.5 Å². The van der Waals surface area contributed by atoms with Crippen molar-refractivity contribution in [3.8, 4) is 0 Å². The second-order valence-electron chi connectivity index (χ2n) is 12.9. The standard InChI is InChI=1S/C37H44N2O9/c1-39(30(34(42)38-15-16-40)21-24-6-3-2-4-7-24)35(43)27-22-31(33-32(23-27)47-37(48-33,28-10-11-28)29-12-13-29)46-36(44)26-9-5-8-25(20-26)14-18-45-19-17-41/h2-9,14,18,20,23,28-33,40-41H,10-13,15-17,19,21-22H2,1H3,(H,38,42)/t30-,31-,32-,33+/m1/s1. The minimum atomic E-state index is -0.846.